The summed E-state index contributed by atoms with van der Waals surface area (Å²) in [5.41, 5.74) is 2.12. The molecule has 1 heterocycles. The van der Waals surface area contributed by atoms with Crippen LogP contribution in [-0.2, 0) is 16.4 Å². The summed E-state index contributed by atoms with van der Waals surface area (Å²) in [4.78, 5) is 0.330. The molecule has 0 bridgehead atoms. The second-order valence-electron chi connectivity index (χ2n) is 4.25. The van der Waals surface area contributed by atoms with Crippen molar-refractivity contribution in [1.82, 2.24) is 4.72 Å². The first-order valence-corrected chi connectivity index (χ1v) is 7.59. The molecule has 98 valence electrons. The molecule has 1 aliphatic rings. The summed E-state index contributed by atoms with van der Waals surface area (Å²) in [7, 11) is -3.39. The molecule has 0 aliphatic carbocycles. The van der Waals surface area contributed by atoms with E-state index in [1.165, 1.54) is 5.56 Å². The fourth-order valence-corrected chi connectivity index (χ4v) is 3.04. The molecule has 0 aromatic heterocycles. The molecule has 0 fully saturated rings. The molecule has 5 heteroatoms. The van der Waals surface area contributed by atoms with Crippen molar-refractivity contribution in [3.8, 4) is 0 Å². The summed E-state index contributed by atoms with van der Waals surface area (Å²) in [5, 5.41) is 3.19. The zero-order valence-corrected chi connectivity index (χ0v) is 11.3. The lowest BCUT2D eigenvalue weighted by Crippen LogP contribution is -2.24. The first kappa shape index (κ1) is 13.1. The van der Waals surface area contributed by atoms with E-state index in [4.69, 9.17) is 0 Å². The third-order valence-corrected chi connectivity index (χ3v) is 4.40. The molecule has 18 heavy (non-hydrogen) atoms. The van der Waals surface area contributed by atoms with Crippen LogP contribution in [0.1, 0.15) is 18.9 Å². The highest BCUT2D eigenvalue weighted by atomic mass is 32.2. The molecule has 2 rings (SSSR count). The molecule has 2 N–H and O–H groups in total. The van der Waals surface area contributed by atoms with Gasteiger partial charge in [0.25, 0.3) is 0 Å². The van der Waals surface area contributed by atoms with E-state index in [1.54, 1.807) is 12.1 Å². The normalized spacial score (nSPS) is 14.7. The van der Waals surface area contributed by atoms with E-state index in [0.717, 1.165) is 18.7 Å². The van der Waals surface area contributed by atoms with Crippen molar-refractivity contribution in [2.75, 3.05) is 18.4 Å². The average molecular weight is 266 g/mol. The minimum absolute atomic E-state index is 0.330. The van der Waals surface area contributed by atoms with Crippen LogP contribution in [0.4, 0.5) is 5.69 Å². The molecule has 1 aromatic rings. The van der Waals surface area contributed by atoms with Crippen LogP contribution in [0, 0.1) is 0 Å². The van der Waals surface area contributed by atoms with Gasteiger partial charge in [-0.2, -0.15) is 0 Å². The summed E-state index contributed by atoms with van der Waals surface area (Å²) in [6, 6.07) is 5.26. The number of hydrogen-bond acceptors (Lipinski definition) is 3. The van der Waals surface area contributed by atoms with Crippen molar-refractivity contribution in [2.24, 2.45) is 0 Å². The number of fused-ring (bicyclic) bond motifs is 1. The number of hydrogen-bond donors (Lipinski definition) is 2. The van der Waals surface area contributed by atoms with E-state index in [9.17, 15) is 8.42 Å². The van der Waals surface area contributed by atoms with E-state index in [-0.39, 0.29) is 0 Å². The van der Waals surface area contributed by atoms with Crippen LogP contribution in [0.3, 0.4) is 0 Å². The minimum Gasteiger partial charge on any atom is -0.384 e. The second kappa shape index (κ2) is 5.54. The Morgan fingerprint density at radius 1 is 1.44 bits per heavy atom. The Kier molecular flexibility index (Phi) is 4.04. The van der Waals surface area contributed by atoms with Gasteiger partial charge in [0.05, 0.1) is 4.90 Å². The maximum Gasteiger partial charge on any atom is 0.240 e. The third kappa shape index (κ3) is 2.91. The van der Waals surface area contributed by atoms with Gasteiger partial charge in [0.2, 0.25) is 10.0 Å². The Bertz CT molecular complexity index is 550. The van der Waals surface area contributed by atoms with Crippen LogP contribution < -0.4 is 10.0 Å². The Morgan fingerprint density at radius 3 is 3.06 bits per heavy atom. The van der Waals surface area contributed by atoms with Crippen LogP contribution in [0.2, 0.25) is 0 Å². The number of sulfonamides is 1. The van der Waals surface area contributed by atoms with Crippen LogP contribution >= 0.6 is 0 Å². The maximum atomic E-state index is 12.0. The fourth-order valence-electron chi connectivity index (χ4n) is 1.96. The SMILES string of the molecule is C/C=C/CCNS(=O)(=O)c1ccc2c(c1)NCC2. The lowest BCUT2D eigenvalue weighted by Gasteiger charge is -2.07. The van der Waals surface area contributed by atoms with Crippen molar-refractivity contribution in [3.05, 3.63) is 35.9 Å². The van der Waals surface area contributed by atoms with Gasteiger partial charge in [-0.1, -0.05) is 18.2 Å². The first-order valence-electron chi connectivity index (χ1n) is 6.11. The van der Waals surface area contributed by atoms with E-state index in [1.807, 2.05) is 25.1 Å². The fraction of sp³-hybridized carbons (Fsp3) is 0.385. The molecule has 1 aromatic carbocycles. The van der Waals surface area contributed by atoms with Gasteiger partial charge in [0.15, 0.2) is 0 Å². The van der Waals surface area contributed by atoms with Gasteiger partial charge < -0.3 is 5.32 Å². The smallest absolute Gasteiger partial charge is 0.240 e. The van der Waals surface area contributed by atoms with Crippen LogP contribution in [-0.4, -0.2) is 21.5 Å². The topological polar surface area (TPSA) is 58.2 Å². The molecule has 4 nitrogen and oxygen atoms in total. The van der Waals surface area contributed by atoms with Gasteiger partial charge in [-0.3, -0.25) is 0 Å². The Hall–Kier alpha value is -1.33. The lowest BCUT2D eigenvalue weighted by molar-refractivity contribution is 0.582. The predicted molar refractivity (Wildman–Crippen MR) is 73.3 cm³/mol. The molecule has 0 atom stereocenters. The first-order chi connectivity index (χ1) is 8.63. The van der Waals surface area contributed by atoms with E-state index >= 15 is 0 Å². The molecule has 0 saturated carbocycles. The number of allylic oxidation sites excluding steroid dienone is 1. The van der Waals surface area contributed by atoms with Gasteiger partial charge >= 0.3 is 0 Å². The standard InChI is InChI=1S/C13H18N2O2S/c1-2-3-4-8-15-18(16,17)12-6-5-11-7-9-14-13(11)10-12/h2-3,5-6,10,14-15H,4,7-9H2,1H3/b3-2+. The molecule has 0 spiro atoms. The van der Waals surface area contributed by atoms with E-state index in [2.05, 4.69) is 10.0 Å². The van der Waals surface area contributed by atoms with Gasteiger partial charge in [-0.25, -0.2) is 13.1 Å². The molecular weight excluding hydrogens is 248 g/mol. The highest BCUT2D eigenvalue weighted by Crippen LogP contribution is 2.25. The molecule has 0 saturated heterocycles. The Balaban J connectivity index is 2.10. The maximum absolute atomic E-state index is 12.0. The average Bonchev–Trinajstić information content (AvgIpc) is 2.82. The Labute approximate surface area is 108 Å². The molecule has 0 radical (unpaired) electrons. The quantitative estimate of drug-likeness (QED) is 0.632. The van der Waals surface area contributed by atoms with Gasteiger partial charge in [0, 0.05) is 18.8 Å². The van der Waals surface area contributed by atoms with Crippen LogP contribution in [0.5, 0.6) is 0 Å². The van der Waals surface area contributed by atoms with Crippen molar-refractivity contribution >= 4 is 15.7 Å². The summed E-state index contributed by atoms with van der Waals surface area (Å²) in [5.74, 6) is 0. The number of nitrogens with one attached hydrogen (secondary N) is 2. The second-order valence-corrected chi connectivity index (χ2v) is 6.02. The third-order valence-electron chi connectivity index (χ3n) is 2.94. The largest absolute Gasteiger partial charge is 0.384 e. The van der Waals surface area contributed by atoms with Gasteiger partial charge in [0.1, 0.15) is 0 Å². The monoisotopic (exact) mass is 266 g/mol. The number of benzene rings is 1. The number of rotatable bonds is 5. The van der Waals surface area contributed by atoms with Crippen molar-refractivity contribution in [1.29, 1.82) is 0 Å². The number of anilines is 1. The van der Waals surface area contributed by atoms with E-state index < -0.39 is 10.0 Å². The zero-order chi connectivity index (χ0) is 13.0. The summed E-state index contributed by atoms with van der Waals surface area (Å²) >= 11 is 0. The molecule has 0 amide bonds. The summed E-state index contributed by atoms with van der Waals surface area (Å²) < 4.78 is 26.7. The zero-order valence-electron chi connectivity index (χ0n) is 10.4. The van der Waals surface area contributed by atoms with Gasteiger partial charge in [-0.05, 0) is 37.5 Å². The van der Waals surface area contributed by atoms with Gasteiger partial charge in [-0.15, -0.1) is 0 Å². The predicted octanol–water partition coefficient (Wildman–Crippen LogP) is 1.90. The minimum atomic E-state index is -3.39. The highest BCUT2D eigenvalue weighted by Gasteiger charge is 2.17. The van der Waals surface area contributed by atoms with Crippen molar-refractivity contribution < 1.29 is 8.42 Å². The van der Waals surface area contributed by atoms with E-state index in [0.29, 0.717) is 17.9 Å². The van der Waals surface area contributed by atoms with Crippen LogP contribution in [0.15, 0.2) is 35.2 Å². The lowest BCUT2D eigenvalue weighted by atomic mass is 10.2. The summed E-state index contributed by atoms with van der Waals surface area (Å²) in [6.45, 7) is 3.23. The Morgan fingerprint density at radius 2 is 2.28 bits per heavy atom. The van der Waals surface area contributed by atoms with Crippen molar-refractivity contribution in [2.45, 2.75) is 24.7 Å². The highest BCUT2D eigenvalue weighted by molar-refractivity contribution is 7.89. The van der Waals surface area contributed by atoms with Crippen LogP contribution in [0.25, 0.3) is 0 Å². The molecule has 0 unspecified atom stereocenters. The molecule has 1 aliphatic heterocycles. The van der Waals surface area contributed by atoms with Crippen molar-refractivity contribution in [3.63, 3.8) is 0 Å². The summed E-state index contributed by atoms with van der Waals surface area (Å²) in [6.07, 6.45) is 5.52. The molecular formula is C13H18N2O2S.